The zero-order chi connectivity index (χ0) is 18.1. The monoisotopic (exact) mass is 342 g/mol. The summed E-state index contributed by atoms with van der Waals surface area (Å²) in [5.74, 6) is 2.12. The predicted octanol–water partition coefficient (Wildman–Crippen LogP) is 5.10. The highest BCUT2D eigenvalue weighted by molar-refractivity contribution is 6.12. The lowest BCUT2D eigenvalue weighted by molar-refractivity contribution is -0.112. The summed E-state index contributed by atoms with van der Waals surface area (Å²) in [4.78, 5) is 12.6. The lowest BCUT2D eigenvalue weighted by Gasteiger charge is -2.08. The number of hydrogen-bond acceptors (Lipinski definition) is 3. The van der Waals surface area contributed by atoms with E-state index >= 15 is 0 Å². The molecular weight excluding hydrogens is 324 g/mol. The number of fused-ring (bicyclic) bond motifs is 1. The number of rotatable bonds is 4. The van der Waals surface area contributed by atoms with Gasteiger partial charge in [-0.25, -0.2) is 0 Å². The van der Waals surface area contributed by atoms with Crippen LogP contribution in [0.15, 0.2) is 64.6 Å². The van der Waals surface area contributed by atoms with E-state index < -0.39 is 5.91 Å². The molecule has 0 saturated heterocycles. The third kappa shape index (κ3) is 3.12. The van der Waals surface area contributed by atoms with Crippen LogP contribution in [0.1, 0.15) is 30.8 Å². The van der Waals surface area contributed by atoms with Crippen LogP contribution in [-0.2, 0) is 4.79 Å². The Morgan fingerprint density at radius 1 is 1.19 bits per heavy atom. The standard InChI is InChI=1S/C22H18N2O2/c1-14-11-19(14)21-10-9-17(26-21)12-16(13-23)22(25)24-20-8-4-6-15-5-2-3-7-18(15)20/h2-10,12,14,19H,11H2,1H3,(H,24,25)/b16-12+/t14-,19+/m1/s1. The second-order valence-corrected chi connectivity index (χ2v) is 6.71. The van der Waals surface area contributed by atoms with Gasteiger partial charge >= 0.3 is 0 Å². The van der Waals surface area contributed by atoms with Gasteiger partial charge in [-0.1, -0.05) is 43.3 Å². The van der Waals surface area contributed by atoms with Gasteiger partial charge in [-0.15, -0.1) is 0 Å². The summed E-state index contributed by atoms with van der Waals surface area (Å²) in [5, 5.41) is 14.2. The molecule has 1 heterocycles. The zero-order valence-electron chi connectivity index (χ0n) is 14.4. The summed E-state index contributed by atoms with van der Waals surface area (Å²) in [5.41, 5.74) is 0.698. The van der Waals surface area contributed by atoms with E-state index in [0.29, 0.717) is 23.3 Å². The Labute approximate surface area is 151 Å². The van der Waals surface area contributed by atoms with Gasteiger partial charge in [0.15, 0.2) is 0 Å². The quantitative estimate of drug-likeness (QED) is 0.530. The summed E-state index contributed by atoms with van der Waals surface area (Å²) >= 11 is 0. The highest BCUT2D eigenvalue weighted by Crippen LogP contribution is 2.47. The third-order valence-corrected chi connectivity index (χ3v) is 4.81. The van der Waals surface area contributed by atoms with Crippen molar-refractivity contribution in [3.8, 4) is 6.07 Å². The number of amides is 1. The maximum absolute atomic E-state index is 12.6. The number of nitrogens with one attached hydrogen (secondary N) is 1. The van der Waals surface area contributed by atoms with Crippen molar-refractivity contribution in [2.45, 2.75) is 19.3 Å². The molecule has 1 aromatic heterocycles. The van der Waals surface area contributed by atoms with Crippen LogP contribution >= 0.6 is 0 Å². The fourth-order valence-corrected chi connectivity index (χ4v) is 3.18. The number of carbonyl (C=O) groups excluding carboxylic acids is 1. The van der Waals surface area contributed by atoms with Crippen molar-refractivity contribution in [2.75, 3.05) is 5.32 Å². The van der Waals surface area contributed by atoms with Crippen LogP contribution in [0, 0.1) is 17.2 Å². The maximum Gasteiger partial charge on any atom is 0.266 e. The number of benzene rings is 2. The highest BCUT2D eigenvalue weighted by atomic mass is 16.3. The van der Waals surface area contributed by atoms with E-state index in [4.69, 9.17) is 4.42 Å². The SMILES string of the molecule is C[C@@H]1C[C@@H]1c1ccc(/C=C(\C#N)C(=O)Nc2cccc3ccccc23)o1. The van der Waals surface area contributed by atoms with Crippen molar-refractivity contribution < 1.29 is 9.21 Å². The lowest BCUT2D eigenvalue weighted by Crippen LogP contribution is -2.13. The first-order valence-corrected chi connectivity index (χ1v) is 8.66. The number of anilines is 1. The second-order valence-electron chi connectivity index (χ2n) is 6.71. The fraction of sp³-hybridized carbons (Fsp3) is 0.182. The minimum Gasteiger partial charge on any atom is -0.461 e. The Morgan fingerprint density at radius 2 is 1.96 bits per heavy atom. The summed E-state index contributed by atoms with van der Waals surface area (Å²) in [6, 6.07) is 19.2. The molecule has 1 saturated carbocycles. The van der Waals surface area contributed by atoms with E-state index in [1.165, 1.54) is 6.08 Å². The topological polar surface area (TPSA) is 66.0 Å². The van der Waals surface area contributed by atoms with Crippen molar-refractivity contribution in [2.24, 2.45) is 5.92 Å². The minimum atomic E-state index is -0.443. The third-order valence-electron chi connectivity index (χ3n) is 4.81. The van der Waals surface area contributed by atoms with Gasteiger partial charge < -0.3 is 9.73 Å². The zero-order valence-corrected chi connectivity index (χ0v) is 14.4. The van der Waals surface area contributed by atoms with Crippen molar-refractivity contribution in [1.82, 2.24) is 0 Å². The fourth-order valence-electron chi connectivity index (χ4n) is 3.18. The first kappa shape index (κ1) is 16.2. The molecule has 1 amide bonds. The van der Waals surface area contributed by atoms with Gasteiger partial charge in [0.05, 0.1) is 0 Å². The van der Waals surface area contributed by atoms with Gasteiger partial charge in [-0.05, 0) is 35.9 Å². The molecule has 1 fully saturated rings. The van der Waals surface area contributed by atoms with Crippen LogP contribution in [0.4, 0.5) is 5.69 Å². The van der Waals surface area contributed by atoms with Crippen molar-refractivity contribution >= 4 is 28.4 Å². The van der Waals surface area contributed by atoms with Crippen LogP contribution in [-0.4, -0.2) is 5.91 Å². The van der Waals surface area contributed by atoms with Crippen LogP contribution in [0.5, 0.6) is 0 Å². The number of carbonyl (C=O) groups is 1. The molecule has 0 unspecified atom stereocenters. The Bertz CT molecular complexity index is 1050. The highest BCUT2D eigenvalue weighted by Gasteiger charge is 2.36. The second kappa shape index (κ2) is 6.53. The summed E-state index contributed by atoms with van der Waals surface area (Å²) < 4.78 is 5.77. The number of furan rings is 1. The van der Waals surface area contributed by atoms with E-state index in [0.717, 1.165) is 23.0 Å². The van der Waals surface area contributed by atoms with Gasteiger partial charge in [-0.2, -0.15) is 5.26 Å². The van der Waals surface area contributed by atoms with Gasteiger partial charge in [0.25, 0.3) is 5.91 Å². The molecule has 2 atom stereocenters. The van der Waals surface area contributed by atoms with Crippen molar-refractivity contribution in [3.63, 3.8) is 0 Å². The van der Waals surface area contributed by atoms with E-state index in [-0.39, 0.29) is 5.57 Å². The van der Waals surface area contributed by atoms with Gasteiger partial charge in [0, 0.05) is 23.1 Å². The molecule has 2 aromatic carbocycles. The molecule has 3 aromatic rings. The van der Waals surface area contributed by atoms with Gasteiger partial charge in [0.2, 0.25) is 0 Å². The van der Waals surface area contributed by atoms with E-state index in [2.05, 4.69) is 12.2 Å². The van der Waals surface area contributed by atoms with Crippen LogP contribution < -0.4 is 5.32 Å². The minimum absolute atomic E-state index is 0.0164. The molecule has 0 radical (unpaired) electrons. The molecule has 4 rings (SSSR count). The van der Waals surface area contributed by atoms with Gasteiger partial charge in [0.1, 0.15) is 23.2 Å². The number of hydrogen-bond donors (Lipinski definition) is 1. The summed E-state index contributed by atoms with van der Waals surface area (Å²) in [7, 11) is 0. The molecule has 0 spiro atoms. The van der Waals surface area contributed by atoms with Crippen molar-refractivity contribution in [1.29, 1.82) is 5.26 Å². The average molecular weight is 342 g/mol. The average Bonchev–Trinajstić information content (AvgIpc) is 3.20. The molecule has 128 valence electrons. The molecule has 1 N–H and O–H groups in total. The smallest absolute Gasteiger partial charge is 0.266 e. The Morgan fingerprint density at radius 3 is 2.73 bits per heavy atom. The number of nitriles is 1. The van der Waals surface area contributed by atoms with Crippen LogP contribution in [0.25, 0.3) is 16.8 Å². The largest absolute Gasteiger partial charge is 0.461 e. The Balaban J connectivity index is 1.57. The normalized spacial score (nSPS) is 19.2. The molecule has 4 nitrogen and oxygen atoms in total. The molecule has 1 aliphatic carbocycles. The molecular formula is C22H18N2O2. The van der Waals surface area contributed by atoms with E-state index in [1.54, 1.807) is 0 Å². The molecule has 1 aliphatic rings. The molecule has 26 heavy (non-hydrogen) atoms. The Hall–Kier alpha value is -3.32. The number of nitrogens with zero attached hydrogens (tertiary/aromatic N) is 1. The summed E-state index contributed by atoms with van der Waals surface area (Å²) in [6.45, 7) is 2.18. The predicted molar refractivity (Wildman–Crippen MR) is 101 cm³/mol. The lowest BCUT2D eigenvalue weighted by atomic mass is 10.1. The van der Waals surface area contributed by atoms with Gasteiger partial charge in [-0.3, -0.25) is 4.79 Å². The van der Waals surface area contributed by atoms with Crippen molar-refractivity contribution in [3.05, 3.63) is 71.7 Å². The molecule has 0 aliphatic heterocycles. The first-order valence-electron chi connectivity index (χ1n) is 8.66. The van der Waals surface area contributed by atoms with E-state index in [9.17, 15) is 10.1 Å². The Kier molecular flexibility index (Phi) is 4.06. The van der Waals surface area contributed by atoms with Crippen LogP contribution in [0.3, 0.4) is 0 Å². The summed E-state index contributed by atoms with van der Waals surface area (Å²) in [6.07, 6.45) is 2.63. The molecule has 4 heteroatoms. The van der Waals surface area contributed by atoms with Crippen LogP contribution in [0.2, 0.25) is 0 Å². The first-order chi connectivity index (χ1) is 12.7. The molecule has 0 bridgehead atoms. The van der Waals surface area contributed by atoms with E-state index in [1.807, 2.05) is 60.7 Å². The maximum atomic E-state index is 12.6.